The largest absolute Gasteiger partial charge is 0.356 e. The maximum atomic E-state index is 11.1. The molecule has 0 radical (unpaired) electrons. The van der Waals surface area contributed by atoms with Crippen molar-refractivity contribution in [2.24, 2.45) is 5.10 Å². The van der Waals surface area contributed by atoms with Gasteiger partial charge in [-0.05, 0) is 18.9 Å². The van der Waals surface area contributed by atoms with Gasteiger partial charge in [-0.2, -0.15) is 24.7 Å². The summed E-state index contributed by atoms with van der Waals surface area (Å²) in [6.07, 6.45) is 5.14. The normalized spacial score (nSPS) is 14.4. The Labute approximate surface area is 148 Å². The number of rotatable bonds is 5. The van der Waals surface area contributed by atoms with Crippen LogP contribution >= 0.6 is 0 Å². The SMILES string of the molecule is O=[N+]([O-])c1ccccc1/C=N/Nc1cc(N2CCCC2)n2ncnc2n1. The number of aromatic nitrogens is 4. The zero-order valence-electron chi connectivity index (χ0n) is 13.8. The number of hydrogen-bond acceptors (Lipinski definition) is 8. The van der Waals surface area contributed by atoms with Crippen molar-refractivity contribution in [1.29, 1.82) is 0 Å². The van der Waals surface area contributed by atoms with Gasteiger partial charge in [0.2, 0.25) is 0 Å². The highest BCUT2D eigenvalue weighted by Crippen LogP contribution is 2.23. The lowest BCUT2D eigenvalue weighted by atomic mass is 10.2. The highest BCUT2D eigenvalue weighted by molar-refractivity contribution is 5.85. The molecule has 10 heteroatoms. The maximum Gasteiger partial charge on any atom is 0.278 e. The lowest BCUT2D eigenvalue weighted by molar-refractivity contribution is -0.385. The molecule has 1 aromatic carbocycles. The number of hydrogen-bond donors (Lipinski definition) is 1. The van der Waals surface area contributed by atoms with Crippen LogP contribution in [0.2, 0.25) is 0 Å². The minimum Gasteiger partial charge on any atom is -0.356 e. The Kier molecular flexibility index (Phi) is 4.14. The zero-order chi connectivity index (χ0) is 17.9. The minimum absolute atomic E-state index is 0.00308. The Bertz CT molecular complexity index is 977. The van der Waals surface area contributed by atoms with E-state index in [-0.39, 0.29) is 5.69 Å². The van der Waals surface area contributed by atoms with Gasteiger partial charge in [-0.25, -0.2) is 0 Å². The summed E-state index contributed by atoms with van der Waals surface area (Å²) in [5.74, 6) is 1.87. The third-order valence-electron chi connectivity index (χ3n) is 4.18. The van der Waals surface area contributed by atoms with Crippen LogP contribution in [0.25, 0.3) is 5.78 Å². The molecule has 1 aliphatic heterocycles. The van der Waals surface area contributed by atoms with Crippen molar-refractivity contribution in [1.82, 2.24) is 19.6 Å². The molecule has 0 unspecified atom stereocenters. The molecule has 2 aromatic heterocycles. The topological polar surface area (TPSA) is 114 Å². The molecule has 1 fully saturated rings. The molecule has 132 valence electrons. The first-order valence-corrected chi connectivity index (χ1v) is 8.20. The predicted molar refractivity (Wildman–Crippen MR) is 96.5 cm³/mol. The van der Waals surface area contributed by atoms with E-state index in [0.29, 0.717) is 17.2 Å². The molecule has 3 aromatic rings. The number of anilines is 2. The van der Waals surface area contributed by atoms with Crippen LogP contribution in [-0.4, -0.2) is 43.8 Å². The molecule has 0 amide bonds. The van der Waals surface area contributed by atoms with Crippen LogP contribution < -0.4 is 10.3 Å². The number of nitrogens with zero attached hydrogens (tertiary/aromatic N) is 7. The fraction of sp³-hybridized carbons (Fsp3) is 0.250. The standard InChI is InChI=1S/C16H16N8O2/c25-24(26)13-6-2-1-5-12(13)10-18-21-14-9-15(22-7-3-4-8-22)23-16(20-14)17-11-19-23/h1-2,5-6,9-11H,3-4,7-8H2,(H,17,19,20,21)/b18-10+. The van der Waals surface area contributed by atoms with E-state index in [2.05, 4.69) is 30.5 Å². The zero-order valence-corrected chi connectivity index (χ0v) is 13.8. The number of para-hydroxylation sites is 1. The lowest BCUT2D eigenvalue weighted by Gasteiger charge is -2.18. The van der Waals surface area contributed by atoms with E-state index in [0.717, 1.165) is 31.7 Å². The fourth-order valence-electron chi connectivity index (χ4n) is 2.96. The van der Waals surface area contributed by atoms with Gasteiger partial charge in [0.1, 0.15) is 12.1 Å². The van der Waals surface area contributed by atoms with Gasteiger partial charge in [0.05, 0.1) is 16.7 Å². The highest BCUT2D eigenvalue weighted by atomic mass is 16.6. The average Bonchev–Trinajstić information content (AvgIpc) is 3.33. The van der Waals surface area contributed by atoms with Gasteiger partial charge in [-0.1, -0.05) is 12.1 Å². The van der Waals surface area contributed by atoms with Gasteiger partial charge in [0, 0.05) is 25.2 Å². The number of fused-ring (bicyclic) bond motifs is 1. The summed E-state index contributed by atoms with van der Waals surface area (Å²) in [6, 6.07) is 8.26. The van der Waals surface area contributed by atoms with Crippen molar-refractivity contribution in [2.45, 2.75) is 12.8 Å². The summed E-state index contributed by atoms with van der Waals surface area (Å²) in [5.41, 5.74) is 3.24. The molecule has 0 aliphatic carbocycles. The van der Waals surface area contributed by atoms with Crippen LogP contribution in [0.1, 0.15) is 18.4 Å². The lowest BCUT2D eigenvalue weighted by Crippen LogP contribution is -2.21. The number of hydrazone groups is 1. The second-order valence-electron chi connectivity index (χ2n) is 5.85. The van der Waals surface area contributed by atoms with Gasteiger partial charge >= 0.3 is 0 Å². The number of nitro groups is 1. The van der Waals surface area contributed by atoms with Crippen LogP contribution in [0, 0.1) is 10.1 Å². The van der Waals surface area contributed by atoms with Crippen molar-refractivity contribution >= 4 is 29.3 Å². The molecule has 0 saturated carbocycles. The first-order valence-electron chi connectivity index (χ1n) is 8.20. The summed E-state index contributed by atoms with van der Waals surface area (Å²) >= 11 is 0. The van der Waals surface area contributed by atoms with Gasteiger partial charge < -0.3 is 4.90 Å². The monoisotopic (exact) mass is 352 g/mol. The first kappa shape index (κ1) is 15.9. The number of nitro benzene ring substituents is 1. The van der Waals surface area contributed by atoms with E-state index in [4.69, 9.17) is 0 Å². The molecular formula is C16H16N8O2. The molecular weight excluding hydrogens is 336 g/mol. The Balaban J connectivity index is 1.61. The summed E-state index contributed by atoms with van der Waals surface area (Å²) in [4.78, 5) is 21.3. The Hall–Kier alpha value is -3.56. The third-order valence-corrected chi connectivity index (χ3v) is 4.18. The van der Waals surface area contributed by atoms with Gasteiger partial charge in [-0.3, -0.25) is 15.5 Å². The Morgan fingerprint density at radius 3 is 2.88 bits per heavy atom. The second-order valence-corrected chi connectivity index (χ2v) is 5.85. The van der Waals surface area contributed by atoms with Gasteiger partial charge in [-0.15, -0.1) is 0 Å². The van der Waals surface area contributed by atoms with Gasteiger partial charge in [0.25, 0.3) is 11.5 Å². The summed E-state index contributed by atoms with van der Waals surface area (Å²) < 4.78 is 1.70. The quantitative estimate of drug-likeness (QED) is 0.425. The van der Waals surface area contributed by atoms with Crippen molar-refractivity contribution in [2.75, 3.05) is 23.4 Å². The fourth-order valence-corrected chi connectivity index (χ4v) is 2.96. The molecule has 1 aliphatic rings. The molecule has 10 nitrogen and oxygen atoms in total. The third kappa shape index (κ3) is 3.04. The number of benzene rings is 1. The summed E-state index contributed by atoms with van der Waals surface area (Å²) in [5, 5.41) is 19.4. The first-order chi connectivity index (χ1) is 12.7. The van der Waals surface area contributed by atoms with Crippen LogP contribution in [0.4, 0.5) is 17.3 Å². The van der Waals surface area contributed by atoms with Crippen LogP contribution in [0.3, 0.4) is 0 Å². The van der Waals surface area contributed by atoms with E-state index in [9.17, 15) is 10.1 Å². The van der Waals surface area contributed by atoms with Crippen LogP contribution in [0.15, 0.2) is 41.8 Å². The van der Waals surface area contributed by atoms with E-state index in [1.54, 1.807) is 22.7 Å². The summed E-state index contributed by atoms with van der Waals surface area (Å²) in [7, 11) is 0. The highest BCUT2D eigenvalue weighted by Gasteiger charge is 2.18. The molecule has 26 heavy (non-hydrogen) atoms. The molecule has 0 bridgehead atoms. The molecule has 3 heterocycles. The molecule has 1 N–H and O–H groups in total. The van der Waals surface area contributed by atoms with E-state index in [1.807, 2.05) is 6.07 Å². The summed E-state index contributed by atoms with van der Waals surface area (Å²) in [6.45, 7) is 1.91. The van der Waals surface area contributed by atoms with Crippen LogP contribution in [0.5, 0.6) is 0 Å². The predicted octanol–water partition coefficient (Wildman–Crippen LogP) is 2.08. The van der Waals surface area contributed by atoms with Crippen molar-refractivity contribution < 1.29 is 4.92 Å². The van der Waals surface area contributed by atoms with Crippen molar-refractivity contribution in [3.8, 4) is 0 Å². The van der Waals surface area contributed by atoms with Crippen molar-refractivity contribution in [3.05, 3.63) is 52.3 Å². The van der Waals surface area contributed by atoms with Gasteiger partial charge in [0.15, 0.2) is 5.82 Å². The molecule has 4 rings (SSSR count). The molecule has 0 atom stereocenters. The van der Waals surface area contributed by atoms with Crippen LogP contribution in [-0.2, 0) is 0 Å². The Morgan fingerprint density at radius 1 is 1.27 bits per heavy atom. The molecule has 1 saturated heterocycles. The van der Waals surface area contributed by atoms with E-state index < -0.39 is 4.92 Å². The van der Waals surface area contributed by atoms with Crippen molar-refractivity contribution in [3.63, 3.8) is 0 Å². The maximum absolute atomic E-state index is 11.1. The minimum atomic E-state index is -0.437. The van der Waals surface area contributed by atoms with E-state index in [1.165, 1.54) is 18.6 Å². The Morgan fingerprint density at radius 2 is 2.08 bits per heavy atom. The van der Waals surface area contributed by atoms with E-state index >= 15 is 0 Å². The smallest absolute Gasteiger partial charge is 0.278 e. The number of nitrogens with one attached hydrogen (secondary N) is 1. The average molecular weight is 352 g/mol. The second kappa shape index (κ2) is 6.75. The molecule has 0 spiro atoms.